The van der Waals surface area contributed by atoms with Crippen LogP contribution in [-0.2, 0) is 11.2 Å². The molecule has 0 aliphatic carbocycles. The fourth-order valence-electron chi connectivity index (χ4n) is 3.01. The van der Waals surface area contributed by atoms with E-state index in [0.29, 0.717) is 31.1 Å². The lowest BCUT2D eigenvalue weighted by Crippen LogP contribution is -2.24. The van der Waals surface area contributed by atoms with Crippen LogP contribution in [0.2, 0.25) is 0 Å². The average molecular weight is 319 g/mol. The quantitative estimate of drug-likeness (QED) is 0.741. The first-order chi connectivity index (χ1) is 11.8. The van der Waals surface area contributed by atoms with Crippen molar-refractivity contribution in [3.05, 3.63) is 77.9 Å². The van der Waals surface area contributed by atoms with Gasteiger partial charge in [0, 0.05) is 24.6 Å². The Morgan fingerprint density at radius 3 is 2.50 bits per heavy atom. The van der Waals surface area contributed by atoms with E-state index in [0.717, 1.165) is 11.3 Å². The second-order valence-electron chi connectivity index (χ2n) is 5.95. The van der Waals surface area contributed by atoms with E-state index in [1.54, 1.807) is 4.90 Å². The zero-order chi connectivity index (χ0) is 16.4. The lowest BCUT2D eigenvalue weighted by molar-refractivity contribution is -0.117. The smallest absolute Gasteiger partial charge is 0.231 e. The number of carbonyl (C=O) groups excluding carboxylic acids is 1. The molecule has 1 aliphatic rings. The van der Waals surface area contributed by atoms with E-state index in [-0.39, 0.29) is 11.8 Å². The Labute approximate surface area is 139 Å². The van der Waals surface area contributed by atoms with Gasteiger partial charge in [0.05, 0.1) is 6.42 Å². The van der Waals surface area contributed by atoms with Gasteiger partial charge in [-0.1, -0.05) is 53.7 Å². The molecule has 0 bridgehead atoms. The van der Waals surface area contributed by atoms with E-state index in [1.165, 1.54) is 0 Å². The van der Waals surface area contributed by atoms with Crippen LogP contribution in [0.4, 0.5) is 5.69 Å². The van der Waals surface area contributed by atoms with Gasteiger partial charge in [0.2, 0.25) is 11.8 Å². The van der Waals surface area contributed by atoms with Crippen molar-refractivity contribution in [1.29, 1.82) is 0 Å². The highest BCUT2D eigenvalue weighted by atomic mass is 16.5. The summed E-state index contributed by atoms with van der Waals surface area (Å²) in [7, 11) is 0. The molecule has 0 spiro atoms. The van der Waals surface area contributed by atoms with E-state index < -0.39 is 0 Å². The molecule has 0 radical (unpaired) electrons. The maximum atomic E-state index is 12.3. The molecule has 5 nitrogen and oxygen atoms in total. The third-order valence-electron chi connectivity index (χ3n) is 4.24. The Morgan fingerprint density at radius 2 is 1.75 bits per heavy atom. The highest BCUT2D eigenvalue weighted by molar-refractivity contribution is 5.96. The maximum absolute atomic E-state index is 12.3. The van der Waals surface area contributed by atoms with Crippen molar-refractivity contribution in [2.75, 3.05) is 11.4 Å². The summed E-state index contributed by atoms with van der Waals surface area (Å²) in [6.07, 6.45) is 1.02. The van der Waals surface area contributed by atoms with Crippen LogP contribution >= 0.6 is 0 Å². The summed E-state index contributed by atoms with van der Waals surface area (Å²) in [6.45, 7) is 0.590. The molecule has 4 rings (SSSR count). The molecule has 3 aromatic rings. The summed E-state index contributed by atoms with van der Waals surface area (Å²) in [6, 6.07) is 19.7. The van der Waals surface area contributed by atoms with Gasteiger partial charge in [-0.15, -0.1) is 0 Å². The molecule has 24 heavy (non-hydrogen) atoms. The Kier molecular flexibility index (Phi) is 3.83. The summed E-state index contributed by atoms with van der Waals surface area (Å²) in [5.74, 6) is 1.28. The Hall–Kier alpha value is -2.95. The highest BCUT2D eigenvalue weighted by Gasteiger charge is 2.34. The zero-order valence-corrected chi connectivity index (χ0v) is 13.1. The summed E-state index contributed by atoms with van der Waals surface area (Å²) < 4.78 is 5.37. The first-order valence-electron chi connectivity index (χ1n) is 8.01. The second-order valence-corrected chi connectivity index (χ2v) is 5.95. The largest absolute Gasteiger partial charge is 0.339 e. The van der Waals surface area contributed by atoms with Crippen molar-refractivity contribution >= 4 is 11.6 Å². The summed E-state index contributed by atoms with van der Waals surface area (Å²) in [5.41, 5.74) is 2.04. The van der Waals surface area contributed by atoms with Crippen molar-refractivity contribution in [1.82, 2.24) is 10.1 Å². The number of benzene rings is 2. The monoisotopic (exact) mass is 319 g/mol. The van der Waals surface area contributed by atoms with Crippen LogP contribution in [0.5, 0.6) is 0 Å². The van der Waals surface area contributed by atoms with Crippen molar-refractivity contribution in [2.24, 2.45) is 0 Å². The van der Waals surface area contributed by atoms with Crippen molar-refractivity contribution in [3.63, 3.8) is 0 Å². The number of hydrogen-bond acceptors (Lipinski definition) is 4. The molecule has 1 saturated heterocycles. The predicted octanol–water partition coefficient (Wildman–Crippen LogP) is 3.18. The molecule has 1 fully saturated rings. The molecule has 5 heteroatoms. The molecule has 120 valence electrons. The van der Waals surface area contributed by atoms with Gasteiger partial charge in [-0.25, -0.2) is 0 Å². The van der Waals surface area contributed by atoms with E-state index in [4.69, 9.17) is 4.52 Å². The number of anilines is 1. The van der Waals surface area contributed by atoms with Crippen molar-refractivity contribution < 1.29 is 9.32 Å². The Morgan fingerprint density at radius 1 is 1.04 bits per heavy atom. The summed E-state index contributed by atoms with van der Waals surface area (Å²) in [4.78, 5) is 18.6. The number of carbonyl (C=O) groups is 1. The summed E-state index contributed by atoms with van der Waals surface area (Å²) in [5, 5.41) is 4.09. The molecule has 0 N–H and O–H groups in total. The van der Waals surface area contributed by atoms with E-state index in [2.05, 4.69) is 10.1 Å². The lowest BCUT2D eigenvalue weighted by Gasteiger charge is -2.15. The van der Waals surface area contributed by atoms with Crippen LogP contribution in [0, 0.1) is 0 Å². The molecule has 0 unspecified atom stereocenters. The minimum atomic E-state index is -0.0222. The van der Waals surface area contributed by atoms with Crippen LogP contribution < -0.4 is 4.90 Å². The van der Waals surface area contributed by atoms with Crippen molar-refractivity contribution in [2.45, 2.75) is 18.8 Å². The zero-order valence-electron chi connectivity index (χ0n) is 13.1. The van der Waals surface area contributed by atoms with Gasteiger partial charge >= 0.3 is 0 Å². The third kappa shape index (κ3) is 2.93. The average Bonchev–Trinajstić information content (AvgIpc) is 3.23. The SMILES string of the molecule is O=C1C[C@@H](c2noc(Cc3ccccc3)n2)CN1c1ccccc1. The minimum absolute atomic E-state index is 0.0222. The molecule has 1 aliphatic heterocycles. The first-order valence-corrected chi connectivity index (χ1v) is 8.01. The van der Waals surface area contributed by atoms with Gasteiger partial charge in [-0.05, 0) is 17.7 Å². The second kappa shape index (κ2) is 6.28. The molecule has 1 aromatic heterocycles. The molecule has 1 atom stereocenters. The Balaban J connectivity index is 1.48. The number of para-hydroxylation sites is 1. The Bertz CT molecular complexity index is 830. The topological polar surface area (TPSA) is 59.2 Å². The van der Waals surface area contributed by atoms with E-state index in [9.17, 15) is 4.79 Å². The van der Waals surface area contributed by atoms with Gasteiger partial charge in [0.15, 0.2) is 5.82 Å². The summed E-state index contributed by atoms with van der Waals surface area (Å²) >= 11 is 0. The molecular weight excluding hydrogens is 302 g/mol. The maximum Gasteiger partial charge on any atom is 0.231 e. The highest BCUT2D eigenvalue weighted by Crippen LogP contribution is 2.30. The fourth-order valence-corrected chi connectivity index (χ4v) is 3.01. The van der Waals surface area contributed by atoms with Gasteiger partial charge in [-0.3, -0.25) is 4.79 Å². The number of amides is 1. The van der Waals surface area contributed by atoms with Crippen LogP contribution in [0.15, 0.2) is 65.2 Å². The van der Waals surface area contributed by atoms with Gasteiger partial charge in [0.25, 0.3) is 0 Å². The number of nitrogens with zero attached hydrogens (tertiary/aromatic N) is 3. The minimum Gasteiger partial charge on any atom is -0.339 e. The van der Waals surface area contributed by atoms with E-state index in [1.807, 2.05) is 60.7 Å². The fraction of sp³-hybridized carbons (Fsp3) is 0.211. The predicted molar refractivity (Wildman–Crippen MR) is 89.7 cm³/mol. The molecule has 2 heterocycles. The standard InChI is InChI=1S/C19H17N3O2/c23-18-12-15(13-22(18)16-9-5-2-6-10-16)19-20-17(24-21-19)11-14-7-3-1-4-8-14/h1-10,15H,11-13H2/t15-/m1/s1. The van der Waals surface area contributed by atoms with Crippen LogP contribution in [0.1, 0.15) is 29.6 Å². The van der Waals surface area contributed by atoms with Gasteiger partial charge in [-0.2, -0.15) is 4.98 Å². The van der Waals surface area contributed by atoms with E-state index >= 15 is 0 Å². The molecule has 1 amide bonds. The van der Waals surface area contributed by atoms with Crippen molar-refractivity contribution in [3.8, 4) is 0 Å². The number of hydrogen-bond donors (Lipinski definition) is 0. The number of aromatic nitrogens is 2. The molecule has 2 aromatic carbocycles. The lowest BCUT2D eigenvalue weighted by atomic mass is 10.1. The molecular formula is C19H17N3O2. The van der Waals surface area contributed by atoms with Crippen LogP contribution in [0.3, 0.4) is 0 Å². The van der Waals surface area contributed by atoms with Crippen LogP contribution in [0.25, 0.3) is 0 Å². The first kappa shape index (κ1) is 14.6. The third-order valence-corrected chi connectivity index (χ3v) is 4.24. The normalized spacial score (nSPS) is 17.4. The van der Waals surface area contributed by atoms with Gasteiger partial charge in [0.1, 0.15) is 0 Å². The number of rotatable bonds is 4. The van der Waals surface area contributed by atoms with Crippen LogP contribution in [-0.4, -0.2) is 22.6 Å². The molecule has 0 saturated carbocycles. The van der Waals surface area contributed by atoms with Gasteiger partial charge < -0.3 is 9.42 Å².